The minimum atomic E-state index is -0.0999. The first kappa shape index (κ1) is 15.0. The Morgan fingerprint density at radius 3 is 3.00 bits per heavy atom. The Balaban J connectivity index is 1.57. The fourth-order valence-corrected chi connectivity index (χ4v) is 3.30. The maximum Gasteiger partial charge on any atom is 0.227 e. The van der Waals surface area contributed by atoms with E-state index in [1.807, 2.05) is 29.2 Å². The summed E-state index contributed by atoms with van der Waals surface area (Å²) < 4.78 is 0. The lowest BCUT2D eigenvalue weighted by Gasteiger charge is -2.34. The molecular formula is C17H23N3O2. The Hall–Kier alpha value is -1.88. The summed E-state index contributed by atoms with van der Waals surface area (Å²) in [6, 6.07) is 8.12. The summed E-state index contributed by atoms with van der Waals surface area (Å²) in [7, 11) is 0. The zero-order valence-electron chi connectivity index (χ0n) is 13.0. The number of carbonyl (C=O) groups is 2. The van der Waals surface area contributed by atoms with Crippen molar-refractivity contribution in [3.05, 3.63) is 29.8 Å². The number of nitrogens with zero attached hydrogens (tertiary/aromatic N) is 1. The van der Waals surface area contributed by atoms with Crippen LogP contribution in [0.3, 0.4) is 0 Å². The van der Waals surface area contributed by atoms with E-state index in [1.165, 1.54) is 0 Å². The number of benzene rings is 1. The van der Waals surface area contributed by atoms with Gasteiger partial charge in [-0.15, -0.1) is 0 Å². The predicted molar refractivity (Wildman–Crippen MR) is 85.5 cm³/mol. The van der Waals surface area contributed by atoms with E-state index in [1.54, 1.807) is 0 Å². The number of hydrogen-bond acceptors (Lipinski definition) is 3. The summed E-state index contributed by atoms with van der Waals surface area (Å²) in [6.45, 7) is 4.53. The van der Waals surface area contributed by atoms with Gasteiger partial charge >= 0.3 is 0 Å². The van der Waals surface area contributed by atoms with Gasteiger partial charge in [0.15, 0.2) is 0 Å². The summed E-state index contributed by atoms with van der Waals surface area (Å²) in [6.07, 6.45) is 1.80. The van der Waals surface area contributed by atoms with Crippen LogP contribution in [0.5, 0.6) is 0 Å². The van der Waals surface area contributed by atoms with E-state index < -0.39 is 0 Å². The van der Waals surface area contributed by atoms with E-state index >= 15 is 0 Å². The molecule has 22 heavy (non-hydrogen) atoms. The third-order valence-electron chi connectivity index (χ3n) is 4.64. The molecule has 1 aromatic carbocycles. The van der Waals surface area contributed by atoms with Crippen molar-refractivity contribution in [1.29, 1.82) is 0 Å². The minimum absolute atomic E-state index is 0.0415. The molecule has 0 bridgehead atoms. The number of anilines is 1. The van der Waals surface area contributed by atoms with E-state index in [2.05, 4.69) is 17.6 Å². The maximum absolute atomic E-state index is 12.4. The van der Waals surface area contributed by atoms with Gasteiger partial charge in [0.05, 0.1) is 0 Å². The summed E-state index contributed by atoms with van der Waals surface area (Å²) in [5.74, 6) is 0.109. The number of piperazine rings is 1. The topological polar surface area (TPSA) is 61.4 Å². The minimum Gasteiger partial charge on any atom is -0.337 e. The van der Waals surface area contributed by atoms with Gasteiger partial charge in [-0.2, -0.15) is 0 Å². The zero-order valence-corrected chi connectivity index (χ0v) is 13.0. The van der Waals surface area contributed by atoms with Gasteiger partial charge in [0.25, 0.3) is 0 Å². The van der Waals surface area contributed by atoms with Crippen LogP contribution in [0, 0.1) is 5.92 Å². The monoisotopic (exact) mass is 301 g/mol. The van der Waals surface area contributed by atoms with Crippen LogP contribution in [0.15, 0.2) is 24.3 Å². The summed E-state index contributed by atoms with van der Waals surface area (Å²) >= 11 is 0. The van der Waals surface area contributed by atoms with Gasteiger partial charge in [-0.25, -0.2) is 0 Å². The first-order chi connectivity index (χ1) is 10.6. The van der Waals surface area contributed by atoms with Gasteiger partial charge in [0.2, 0.25) is 11.8 Å². The lowest BCUT2D eigenvalue weighted by Crippen LogP contribution is -2.52. The number of amides is 2. The van der Waals surface area contributed by atoms with Crippen LogP contribution in [0.4, 0.5) is 5.69 Å². The van der Waals surface area contributed by atoms with Crippen LogP contribution in [0.1, 0.15) is 25.3 Å². The van der Waals surface area contributed by atoms with Crippen LogP contribution in [0.25, 0.3) is 0 Å². The second-order valence-electron chi connectivity index (χ2n) is 6.23. The first-order valence-corrected chi connectivity index (χ1v) is 8.04. The van der Waals surface area contributed by atoms with E-state index in [9.17, 15) is 9.59 Å². The van der Waals surface area contributed by atoms with Gasteiger partial charge in [0, 0.05) is 43.7 Å². The number of nitrogens with one attached hydrogen (secondary N) is 2. The largest absolute Gasteiger partial charge is 0.337 e. The molecule has 5 nitrogen and oxygen atoms in total. The molecule has 2 aliphatic heterocycles. The molecular weight excluding hydrogens is 278 g/mol. The maximum atomic E-state index is 12.4. The molecule has 5 heteroatoms. The molecule has 0 saturated carbocycles. The fraction of sp³-hybridized carbons (Fsp3) is 0.529. The fourth-order valence-electron chi connectivity index (χ4n) is 3.30. The smallest absolute Gasteiger partial charge is 0.227 e. The van der Waals surface area contributed by atoms with Crippen molar-refractivity contribution in [3.8, 4) is 0 Å². The number of para-hydroxylation sites is 1. The summed E-state index contributed by atoms with van der Waals surface area (Å²) in [5, 5.41) is 6.23. The molecule has 2 aliphatic rings. The summed E-state index contributed by atoms with van der Waals surface area (Å²) in [4.78, 5) is 26.5. The average Bonchev–Trinajstić information content (AvgIpc) is 2.53. The highest BCUT2D eigenvalue weighted by atomic mass is 16.2. The molecule has 2 atom stereocenters. The Bertz CT molecular complexity index is 573. The van der Waals surface area contributed by atoms with Crippen molar-refractivity contribution >= 4 is 17.5 Å². The van der Waals surface area contributed by atoms with Gasteiger partial charge < -0.3 is 15.5 Å². The highest BCUT2D eigenvalue weighted by molar-refractivity contribution is 5.96. The van der Waals surface area contributed by atoms with Gasteiger partial charge in [0.1, 0.15) is 0 Å². The Labute approximate surface area is 131 Å². The SMILES string of the molecule is C[C@@H]1CNCCN1C(=O)CCC1Cc2ccccc2NC1=O. The molecule has 2 amide bonds. The third kappa shape index (κ3) is 3.14. The summed E-state index contributed by atoms with van der Waals surface area (Å²) in [5.41, 5.74) is 2.07. The standard InChI is InChI=1S/C17H23N3O2/c1-12-11-18-8-9-20(12)16(21)7-6-14-10-13-4-2-3-5-15(13)19-17(14)22/h2-5,12,14,18H,6-11H2,1H3,(H,19,22)/t12-,14?/m1/s1. The van der Waals surface area contributed by atoms with Crippen LogP contribution in [0.2, 0.25) is 0 Å². The molecule has 1 saturated heterocycles. The van der Waals surface area contributed by atoms with E-state index in [0.29, 0.717) is 12.8 Å². The Kier molecular flexibility index (Phi) is 4.43. The normalized spacial score (nSPS) is 24.6. The second kappa shape index (κ2) is 6.48. The molecule has 3 rings (SSSR count). The molecule has 0 radical (unpaired) electrons. The van der Waals surface area contributed by atoms with E-state index in [4.69, 9.17) is 0 Å². The van der Waals surface area contributed by atoms with Crippen molar-refractivity contribution in [2.24, 2.45) is 5.92 Å². The Morgan fingerprint density at radius 2 is 2.18 bits per heavy atom. The van der Waals surface area contributed by atoms with Crippen LogP contribution in [-0.2, 0) is 16.0 Å². The van der Waals surface area contributed by atoms with Crippen molar-refractivity contribution in [3.63, 3.8) is 0 Å². The van der Waals surface area contributed by atoms with Gasteiger partial charge in [-0.1, -0.05) is 18.2 Å². The number of fused-ring (bicyclic) bond motifs is 1. The third-order valence-corrected chi connectivity index (χ3v) is 4.64. The van der Waals surface area contributed by atoms with Crippen molar-refractivity contribution < 1.29 is 9.59 Å². The zero-order chi connectivity index (χ0) is 15.5. The molecule has 2 heterocycles. The predicted octanol–water partition coefficient (Wildman–Crippen LogP) is 1.40. The molecule has 1 unspecified atom stereocenters. The van der Waals surface area contributed by atoms with E-state index in [0.717, 1.165) is 37.3 Å². The lowest BCUT2D eigenvalue weighted by molar-refractivity contribution is -0.134. The highest BCUT2D eigenvalue weighted by Crippen LogP contribution is 2.27. The first-order valence-electron chi connectivity index (χ1n) is 8.04. The van der Waals surface area contributed by atoms with Gasteiger partial charge in [-0.3, -0.25) is 9.59 Å². The van der Waals surface area contributed by atoms with Crippen LogP contribution < -0.4 is 10.6 Å². The Morgan fingerprint density at radius 1 is 1.36 bits per heavy atom. The number of rotatable bonds is 3. The van der Waals surface area contributed by atoms with Crippen molar-refractivity contribution in [1.82, 2.24) is 10.2 Å². The van der Waals surface area contributed by atoms with Crippen LogP contribution in [-0.4, -0.2) is 42.4 Å². The molecule has 2 N–H and O–H groups in total. The molecule has 1 aromatic rings. The molecule has 1 fully saturated rings. The molecule has 0 aliphatic carbocycles. The van der Waals surface area contributed by atoms with Gasteiger partial charge in [-0.05, 0) is 31.4 Å². The van der Waals surface area contributed by atoms with Crippen molar-refractivity contribution in [2.45, 2.75) is 32.2 Å². The number of carbonyl (C=O) groups excluding carboxylic acids is 2. The van der Waals surface area contributed by atoms with E-state index in [-0.39, 0.29) is 23.8 Å². The van der Waals surface area contributed by atoms with Crippen LogP contribution >= 0.6 is 0 Å². The van der Waals surface area contributed by atoms with Crippen molar-refractivity contribution in [2.75, 3.05) is 25.0 Å². The average molecular weight is 301 g/mol. The molecule has 118 valence electrons. The number of hydrogen-bond donors (Lipinski definition) is 2. The quantitative estimate of drug-likeness (QED) is 0.887. The second-order valence-corrected chi connectivity index (χ2v) is 6.23. The molecule has 0 aromatic heterocycles. The lowest BCUT2D eigenvalue weighted by atomic mass is 9.89. The highest BCUT2D eigenvalue weighted by Gasteiger charge is 2.28. The molecule has 0 spiro atoms.